The molecule has 4 nitrogen and oxygen atoms in total. The van der Waals surface area contributed by atoms with Crippen LogP contribution in [0.5, 0.6) is 0 Å². The minimum absolute atomic E-state index is 0.0970. The second-order valence-corrected chi connectivity index (χ2v) is 4.90. The molecule has 0 amide bonds. The van der Waals surface area contributed by atoms with Gasteiger partial charge in [0.1, 0.15) is 0 Å². The van der Waals surface area contributed by atoms with Gasteiger partial charge in [-0.2, -0.15) is 0 Å². The first-order valence-electron chi connectivity index (χ1n) is 6.92. The highest BCUT2D eigenvalue weighted by Gasteiger charge is 2.08. The summed E-state index contributed by atoms with van der Waals surface area (Å²) < 4.78 is 0. The van der Waals surface area contributed by atoms with E-state index >= 15 is 0 Å². The molecule has 0 aromatic carbocycles. The molecule has 4 heteroatoms. The van der Waals surface area contributed by atoms with E-state index in [1.807, 2.05) is 0 Å². The zero-order valence-electron chi connectivity index (χ0n) is 12.1. The molecular weight excluding hydrogens is 232 g/mol. The van der Waals surface area contributed by atoms with Crippen molar-refractivity contribution in [3.8, 4) is 0 Å². The number of hydrogen-bond donors (Lipinski definition) is 3. The van der Waals surface area contributed by atoms with Gasteiger partial charge in [0.25, 0.3) is 5.97 Å². The van der Waals surface area contributed by atoms with Gasteiger partial charge in [-0.15, -0.1) is 0 Å². The minimum Gasteiger partial charge on any atom is -0.481 e. The van der Waals surface area contributed by atoms with Crippen molar-refractivity contribution in [2.75, 3.05) is 6.61 Å². The number of aliphatic hydroxyl groups is 2. The van der Waals surface area contributed by atoms with E-state index in [2.05, 4.69) is 13.8 Å². The maximum atomic E-state index is 9.22. The Morgan fingerprint density at radius 2 is 1.67 bits per heavy atom. The fourth-order valence-electron chi connectivity index (χ4n) is 1.75. The van der Waals surface area contributed by atoms with Crippen LogP contribution < -0.4 is 0 Å². The third-order valence-corrected chi connectivity index (χ3v) is 2.69. The number of hydrogen-bond acceptors (Lipinski definition) is 3. The maximum absolute atomic E-state index is 9.22. The first kappa shape index (κ1) is 19.7. The number of aliphatic carboxylic acids is 1. The minimum atomic E-state index is -0.833. The molecule has 2 atom stereocenters. The van der Waals surface area contributed by atoms with Crippen LogP contribution >= 0.6 is 0 Å². The van der Waals surface area contributed by atoms with Crippen LogP contribution in [-0.2, 0) is 4.79 Å². The smallest absolute Gasteiger partial charge is 0.300 e. The molecule has 0 bridgehead atoms. The van der Waals surface area contributed by atoms with Gasteiger partial charge in [-0.05, 0) is 12.3 Å². The van der Waals surface area contributed by atoms with Crippen molar-refractivity contribution in [1.82, 2.24) is 0 Å². The average Bonchev–Trinajstić information content (AvgIpc) is 2.27. The molecular formula is C14H30O4. The molecule has 0 radical (unpaired) electrons. The van der Waals surface area contributed by atoms with Gasteiger partial charge in [0.15, 0.2) is 0 Å². The summed E-state index contributed by atoms with van der Waals surface area (Å²) in [5.74, 6) is -0.293. The first-order chi connectivity index (χ1) is 8.43. The van der Waals surface area contributed by atoms with Crippen LogP contribution in [0.3, 0.4) is 0 Å². The number of aliphatic hydroxyl groups excluding tert-OH is 2. The largest absolute Gasteiger partial charge is 0.481 e. The van der Waals surface area contributed by atoms with Gasteiger partial charge in [0, 0.05) is 6.92 Å². The van der Waals surface area contributed by atoms with Crippen LogP contribution in [0.4, 0.5) is 0 Å². The summed E-state index contributed by atoms with van der Waals surface area (Å²) in [6.07, 6.45) is 7.95. The molecule has 0 aromatic heterocycles. The monoisotopic (exact) mass is 262 g/mol. The molecule has 110 valence electrons. The van der Waals surface area contributed by atoms with Crippen molar-refractivity contribution in [2.24, 2.45) is 5.92 Å². The van der Waals surface area contributed by atoms with Crippen LogP contribution in [0, 0.1) is 5.92 Å². The first-order valence-corrected chi connectivity index (χ1v) is 6.92. The summed E-state index contributed by atoms with van der Waals surface area (Å²) in [6.45, 7) is 5.36. The predicted octanol–water partition coefficient (Wildman–Crippen LogP) is 2.82. The van der Waals surface area contributed by atoms with Gasteiger partial charge >= 0.3 is 0 Å². The fourth-order valence-corrected chi connectivity index (χ4v) is 1.75. The van der Waals surface area contributed by atoms with Crippen molar-refractivity contribution < 1.29 is 20.1 Å². The van der Waals surface area contributed by atoms with Gasteiger partial charge in [0.2, 0.25) is 0 Å². The Kier molecular flexibility index (Phi) is 15.8. The lowest BCUT2D eigenvalue weighted by atomic mass is 9.97. The number of carboxylic acid groups (broad SMARTS) is 1. The molecule has 0 heterocycles. The van der Waals surface area contributed by atoms with Crippen molar-refractivity contribution in [2.45, 2.75) is 71.8 Å². The summed E-state index contributed by atoms with van der Waals surface area (Å²) >= 11 is 0. The van der Waals surface area contributed by atoms with E-state index < -0.39 is 12.1 Å². The van der Waals surface area contributed by atoms with Gasteiger partial charge in [0.05, 0.1) is 12.7 Å². The molecule has 0 aliphatic heterocycles. The van der Waals surface area contributed by atoms with E-state index in [0.717, 1.165) is 13.3 Å². The van der Waals surface area contributed by atoms with E-state index in [9.17, 15) is 5.11 Å². The maximum Gasteiger partial charge on any atom is 0.300 e. The van der Waals surface area contributed by atoms with Crippen molar-refractivity contribution >= 4 is 5.97 Å². The highest BCUT2D eigenvalue weighted by molar-refractivity contribution is 5.62. The quantitative estimate of drug-likeness (QED) is 0.558. The van der Waals surface area contributed by atoms with E-state index in [4.69, 9.17) is 15.0 Å². The number of carboxylic acids is 1. The second kappa shape index (κ2) is 14.5. The lowest BCUT2D eigenvalue weighted by molar-refractivity contribution is -0.134. The van der Waals surface area contributed by atoms with E-state index in [1.54, 1.807) is 0 Å². The Morgan fingerprint density at radius 3 is 2.11 bits per heavy atom. The van der Waals surface area contributed by atoms with Gasteiger partial charge in [-0.1, -0.05) is 52.4 Å². The highest BCUT2D eigenvalue weighted by atomic mass is 16.4. The Morgan fingerprint density at radius 1 is 1.17 bits per heavy atom. The Labute approximate surface area is 111 Å². The summed E-state index contributed by atoms with van der Waals surface area (Å²) in [7, 11) is 0. The van der Waals surface area contributed by atoms with Crippen LogP contribution in [-0.4, -0.2) is 34.0 Å². The molecule has 0 fully saturated rings. The van der Waals surface area contributed by atoms with E-state index in [1.165, 1.54) is 38.5 Å². The molecule has 0 aromatic rings. The summed E-state index contributed by atoms with van der Waals surface area (Å²) in [6, 6.07) is 0. The lowest BCUT2D eigenvalue weighted by Crippen LogP contribution is -2.15. The molecule has 0 saturated carbocycles. The summed E-state index contributed by atoms with van der Waals surface area (Å²) in [5.41, 5.74) is 0. The van der Waals surface area contributed by atoms with Crippen LogP contribution in [0.25, 0.3) is 0 Å². The SMILES string of the molecule is CC(=O)O.CCCCCCCC(C)CC(O)CO. The summed E-state index contributed by atoms with van der Waals surface area (Å²) in [5, 5.41) is 25.3. The molecule has 2 unspecified atom stereocenters. The summed E-state index contributed by atoms with van der Waals surface area (Å²) in [4.78, 5) is 9.00. The molecule has 18 heavy (non-hydrogen) atoms. The van der Waals surface area contributed by atoms with Crippen LogP contribution in [0.15, 0.2) is 0 Å². The lowest BCUT2D eigenvalue weighted by Gasteiger charge is -2.14. The number of unbranched alkanes of at least 4 members (excludes halogenated alkanes) is 4. The number of carbonyl (C=O) groups is 1. The molecule has 3 N–H and O–H groups in total. The Bertz CT molecular complexity index is 179. The normalized spacial score (nSPS) is 13.4. The third-order valence-electron chi connectivity index (χ3n) is 2.69. The molecule has 0 spiro atoms. The average molecular weight is 262 g/mol. The van der Waals surface area contributed by atoms with Crippen molar-refractivity contribution in [3.63, 3.8) is 0 Å². The fraction of sp³-hybridized carbons (Fsp3) is 0.929. The Hall–Kier alpha value is -0.610. The highest BCUT2D eigenvalue weighted by Crippen LogP contribution is 2.15. The zero-order chi connectivity index (χ0) is 14.4. The van der Waals surface area contributed by atoms with Crippen LogP contribution in [0.1, 0.15) is 65.7 Å². The molecule has 0 aliphatic carbocycles. The zero-order valence-corrected chi connectivity index (χ0v) is 12.1. The predicted molar refractivity (Wildman–Crippen MR) is 73.6 cm³/mol. The van der Waals surface area contributed by atoms with Crippen LogP contribution in [0.2, 0.25) is 0 Å². The number of rotatable bonds is 9. The van der Waals surface area contributed by atoms with E-state index in [0.29, 0.717) is 5.92 Å². The Balaban J connectivity index is 0. The van der Waals surface area contributed by atoms with Gasteiger partial charge < -0.3 is 15.3 Å². The topological polar surface area (TPSA) is 77.8 Å². The van der Waals surface area contributed by atoms with Gasteiger partial charge in [-0.25, -0.2) is 0 Å². The second-order valence-electron chi connectivity index (χ2n) is 4.90. The third kappa shape index (κ3) is 20.8. The standard InChI is InChI=1S/C12H26O2.C2H4O2/c1-3-4-5-6-7-8-11(2)9-12(14)10-13;1-2(3)4/h11-14H,3-10H2,1-2H3;1H3,(H,3,4). The molecule has 0 aliphatic rings. The van der Waals surface area contributed by atoms with E-state index in [-0.39, 0.29) is 6.61 Å². The molecule has 0 saturated heterocycles. The van der Waals surface area contributed by atoms with Gasteiger partial charge in [-0.3, -0.25) is 4.79 Å². The molecule has 0 rings (SSSR count). The van der Waals surface area contributed by atoms with Crippen molar-refractivity contribution in [1.29, 1.82) is 0 Å². The van der Waals surface area contributed by atoms with Crippen molar-refractivity contribution in [3.05, 3.63) is 0 Å².